The highest BCUT2D eigenvalue weighted by Crippen LogP contribution is 2.48. The molecule has 0 radical (unpaired) electrons. The van der Waals surface area contributed by atoms with Crippen LogP contribution < -0.4 is 9.47 Å². The van der Waals surface area contributed by atoms with Crippen LogP contribution in [0.15, 0.2) is 48.7 Å². The van der Waals surface area contributed by atoms with Crippen LogP contribution in [-0.4, -0.2) is 44.2 Å². The van der Waals surface area contributed by atoms with E-state index in [1.807, 2.05) is 33.2 Å². The summed E-state index contributed by atoms with van der Waals surface area (Å²) in [6.45, 7) is 2.61. The SMILES string of the molecule is COC(=O)C(C)C(c1ccc2c(c1)OC(c1ccc(-c3cc(OC)ncc3F)c(CN(C)C)c1)CC2)C1CC1. The van der Waals surface area contributed by atoms with Crippen LogP contribution >= 0.6 is 0 Å². The summed E-state index contributed by atoms with van der Waals surface area (Å²) in [7, 11) is 6.99. The molecule has 2 heterocycles. The van der Waals surface area contributed by atoms with Gasteiger partial charge >= 0.3 is 5.97 Å². The Kier molecular flexibility index (Phi) is 7.89. The smallest absolute Gasteiger partial charge is 0.309 e. The number of ether oxygens (including phenoxy) is 3. The van der Waals surface area contributed by atoms with E-state index in [0.717, 1.165) is 53.7 Å². The summed E-state index contributed by atoms with van der Waals surface area (Å²) in [5, 5.41) is 0. The Labute approximate surface area is 230 Å². The summed E-state index contributed by atoms with van der Waals surface area (Å²) >= 11 is 0. The molecule has 1 aliphatic carbocycles. The Morgan fingerprint density at radius 1 is 1.10 bits per heavy atom. The van der Waals surface area contributed by atoms with Crippen LogP contribution in [0.1, 0.15) is 60.5 Å². The standard InChI is InChI=1S/C32H37FN2O4/c1-19(32(36)38-5)31(21-7-8-21)23-9-6-20-11-13-28(39-29(20)15-23)22-10-12-25(24(14-22)18-35(2)3)26-16-30(37-4)34-17-27(26)33/h6,9-10,12,14-17,19,21,28,31H,7-8,11,13,18H2,1-5H3. The van der Waals surface area contributed by atoms with E-state index in [1.165, 1.54) is 26.0 Å². The molecule has 0 amide bonds. The quantitative estimate of drug-likeness (QED) is 0.300. The largest absolute Gasteiger partial charge is 0.485 e. The van der Waals surface area contributed by atoms with Crippen molar-refractivity contribution >= 4 is 5.97 Å². The lowest BCUT2D eigenvalue weighted by atomic mass is 9.82. The summed E-state index contributed by atoms with van der Waals surface area (Å²) in [6.07, 6.45) is 5.12. The van der Waals surface area contributed by atoms with Crippen LogP contribution in [0.4, 0.5) is 4.39 Å². The van der Waals surface area contributed by atoms with Crippen molar-refractivity contribution < 1.29 is 23.4 Å². The molecule has 3 atom stereocenters. The third-order valence-corrected chi connectivity index (χ3v) is 7.98. The van der Waals surface area contributed by atoms with Gasteiger partial charge < -0.3 is 19.1 Å². The predicted molar refractivity (Wildman–Crippen MR) is 148 cm³/mol. The van der Waals surface area contributed by atoms with E-state index in [1.54, 1.807) is 6.07 Å². The minimum absolute atomic E-state index is 0.114. The number of esters is 1. The van der Waals surface area contributed by atoms with Gasteiger partial charge in [-0.15, -0.1) is 0 Å². The first-order valence-electron chi connectivity index (χ1n) is 13.6. The van der Waals surface area contributed by atoms with Crippen molar-refractivity contribution in [2.75, 3.05) is 28.3 Å². The zero-order chi connectivity index (χ0) is 27.7. The molecular formula is C32H37FN2O4. The number of rotatable bonds is 9. The van der Waals surface area contributed by atoms with Gasteiger partial charge in [-0.1, -0.05) is 37.3 Å². The molecule has 7 heteroatoms. The van der Waals surface area contributed by atoms with Crippen molar-refractivity contribution in [1.82, 2.24) is 9.88 Å². The molecular weight excluding hydrogens is 495 g/mol. The maximum absolute atomic E-state index is 14.8. The Morgan fingerprint density at radius 3 is 2.59 bits per heavy atom. The van der Waals surface area contributed by atoms with Crippen LogP contribution in [0, 0.1) is 17.7 Å². The van der Waals surface area contributed by atoms with Crippen molar-refractivity contribution in [3.63, 3.8) is 0 Å². The van der Waals surface area contributed by atoms with Crippen molar-refractivity contribution in [1.29, 1.82) is 0 Å². The number of methoxy groups -OCH3 is 2. The number of benzene rings is 2. The van der Waals surface area contributed by atoms with Crippen molar-refractivity contribution in [3.05, 3.63) is 76.7 Å². The highest BCUT2D eigenvalue weighted by Gasteiger charge is 2.39. The molecule has 0 saturated heterocycles. The molecule has 1 saturated carbocycles. The molecule has 3 aromatic rings. The molecule has 0 bridgehead atoms. The molecule has 3 unspecified atom stereocenters. The monoisotopic (exact) mass is 532 g/mol. The number of hydrogen-bond donors (Lipinski definition) is 0. The first kappa shape index (κ1) is 27.1. The zero-order valence-electron chi connectivity index (χ0n) is 23.4. The van der Waals surface area contributed by atoms with Crippen LogP contribution in [-0.2, 0) is 22.5 Å². The highest BCUT2D eigenvalue weighted by atomic mass is 19.1. The van der Waals surface area contributed by atoms with Gasteiger partial charge in [-0.05, 0) is 85.5 Å². The summed E-state index contributed by atoms with van der Waals surface area (Å²) in [6, 6.07) is 14.2. The van der Waals surface area contributed by atoms with Crippen LogP contribution in [0.2, 0.25) is 0 Å². The number of nitrogens with zero attached hydrogens (tertiary/aromatic N) is 2. The molecule has 2 aliphatic rings. The minimum Gasteiger partial charge on any atom is -0.485 e. The number of pyridine rings is 1. The van der Waals surface area contributed by atoms with Gasteiger partial charge in [0.25, 0.3) is 0 Å². The fraction of sp³-hybridized carbons (Fsp3) is 0.438. The molecule has 206 valence electrons. The lowest BCUT2D eigenvalue weighted by Gasteiger charge is -2.29. The van der Waals surface area contributed by atoms with Crippen molar-refractivity contribution in [3.8, 4) is 22.8 Å². The lowest BCUT2D eigenvalue weighted by Crippen LogP contribution is -2.23. The Morgan fingerprint density at radius 2 is 1.90 bits per heavy atom. The van der Waals surface area contributed by atoms with Gasteiger partial charge in [0.1, 0.15) is 17.7 Å². The second-order valence-corrected chi connectivity index (χ2v) is 11.0. The number of carbonyl (C=O) groups is 1. The third kappa shape index (κ3) is 5.78. The van der Waals surface area contributed by atoms with E-state index in [0.29, 0.717) is 23.9 Å². The molecule has 1 aliphatic heterocycles. The highest BCUT2D eigenvalue weighted by molar-refractivity contribution is 5.73. The van der Waals surface area contributed by atoms with Gasteiger partial charge in [-0.25, -0.2) is 9.37 Å². The Hall–Kier alpha value is -3.45. The molecule has 5 rings (SSSR count). The van der Waals surface area contributed by atoms with Crippen LogP contribution in [0.25, 0.3) is 11.1 Å². The second-order valence-electron chi connectivity index (χ2n) is 11.0. The topological polar surface area (TPSA) is 60.9 Å². The van der Waals surface area contributed by atoms with E-state index < -0.39 is 0 Å². The number of aryl methyl sites for hydroxylation is 1. The summed E-state index contributed by atoms with van der Waals surface area (Å²) < 4.78 is 31.8. The molecule has 1 fully saturated rings. The first-order valence-corrected chi connectivity index (χ1v) is 13.6. The fourth-order valence-electron chi connectivity index (χ4n) is 5.87. The normalized spacial score (nSPS) is 18.2. The van der Waals surface area contributed by atoms with Crippen molar-refractivity contribution in [2.24, 2.45) is 11.8 Å². The molecule has 2 aromatic carbocycles. The van der Waals surface area contributed by atoms with Crippen molar-refractivity contribution in [2.45, 2.75) is 51.2 Å². The number of fused-ring (bicyclic) bond motifs is 1. The number of hydrogen-bond acceptors (Lipinski definition) is 6. The Balaban J connectivity index is 1.45. The fourth-order valence-corrected chi connectivity index (χ4v) is 5.87. The van der Waals surface area contributed by atoms with Crippen LogP contribution in [0.5, 0.6) is 11.6 Å². The van der Waals surface area contributed by atoms with E-state index >= 15 is 0 Å². The van der Waals surface area contributed by atoms with Gasteiger partial charge in [0, 0.05) is 18.2 Å². The molecule has 1 aromatic heterocycles. The minimum atomic E-state index is -0.384. The summed E-state index contributed by atoms with van der Waals surface area (Å²) in [5.74, 6) is 1.14. The van der Waals surface area contributed by atoms with Gasteiger partial charge in [0.15, 0.2) is 0 Å². The predicted octanol–water partition coefficient (Wildman–Crippen LogP) is 6.33. The Bertz CT molecular complexity index is 1350. The van der Waals surface area contributed by atoms with E-state index in [2.05, 4.69) is 34.1 Å². The maximum atomic E-state index is 14.8. The van der Waals surface area contributed by atoms with E-state index in [4.69, 9.17) is 14.2 Å². The molecule has 6 nitrogen and oxygen atoms in total. The first-order chi connectivity index (χ1) is 18.8. The van der Waals surface area contributed by atoms with Gasteiger partial charge in [-0.3, -0.25) is 4.79 Å². The molecule has 0 spiro atoms. The van der Waals surface area contributed by atoms with Crippen LogP contribution in [0.3, 0.4) is 0 Å². The van der Waals surface area contributed by atoms with Gasteiger partial charge in [0.2, 0.25) is 5.88 Å². The summed E-state index contributed by atoms with van der Waals surface area (Å²) in [4.78, 5) is 18.5. The average Bonchev–Trinajstić information content (AvgIpc) is 3.77. The zero-order valence-corrected chi connectivity index (χ0v) is 23.4. The van der Waals surface area contributed by atoms with Gasteiger partial charge in [-0.2, -0.15) is 0 Å². The number of halogens is 1. The van der Waals surface area contributed by atoms with Gasteiger partial charge in [0.05, 0.1) is 26.3 Å². The number of aromatic nitrogens is 1. The lowest BCUT2D eigenvalue weighted by molar-refractivity contribution is -0.145. The third-order valence-electron chi connectivity index (χ3n) is 7.98. The molecule has 39 heavy (non-hydrogen) atoms. The van der Waals surface area contributed by atoms with E-state index in [-0.39, 0.29) is 29.7 Å². The molecule has 0 N–H and O–H groups in total. The van der Waals surface area contributed by atoms with E-state index in [9.17, 15) is 9.18 Å². The summed E-state index contributed by atoms with van der Waals surface area (Å²) in [5.41, 5.74) is 5.68. The second kappa shape index (κ2) is 11.3. The number of carbonyl (C=O) groups excluding carboxylic acids is 1. The average molecular weight is 533 g/mol. The maximum Gasteiger partial charge on any atom is 0.309 e.